The standard InChI is InChI=1S/C16H27NO6.2C11H19NO6/c1-16-7-10(19)12(14(23-16)13(22-16)11(20)8-18)17-15(21)9-5-3-2-4-6-9;2*1-5(14)12-8-6(15)3-11(2)17-9(7(16)4-13)10(8)18-11/h9-14,18-20H,2-8H2,1H3,(H,17,21);2*6-10,13,15-16H,3-4H2,1-2H3,(H,12,14)/t10-,11-,12-,13+,14?,16+;2*6-,7-,8-,9+,10?,11+/m111/s1. The van der Waals surface area contributed by atoms with Crippen LogP contribution in [0.2, 0.25) is 0 Å². The molecule has 1 aliphatic carbocycles. The lowest BCUT2D eigenvalue weighted by Crippen LogP contribution is -2.60. The molecule has 3 unspecified atom stereocenters. The van der Waals surface area contributed by atoms with Gasteiger partial charge in [-0.2, -0.15) is 0 Å². The SMILES string of the molecule is CC(=O)N[C@H]1C2O[C@@](C)(C[C@H]1O)O[C@H]2[C@H](O)CO.CC(=O)N[C@H]1C2O[C@@](C)(C[C@H]1O)O[C@H]2[C@H](O)CO.C[C@@]12C[C@@H](O)[C@@H](NC(=O)C3CCCCC3)C(O1)[C@H]([C@H](O)CO)O2. The Morgan fingerprint density at radius 1 is 0.542 bits per heavy atom. The lowest BCUT2D eigenvalue weighted by molar-refractivity contribution is -0.211. The van der Waals surface area contributed by atoms with E-state index in [1.807, 2.05) is 0 Å². The maximum absolute atomic E-state index is 12.5. The number of fused-ring (bicyclic) bond motifs is 6. The summed E-state index contributed by atoms with van der Waals surface area (Å²) in [6.45, 7) is 6.32. The van der Waals surface area contributed by atoms with Crippen LogP contribution in [0.15, 0.2) is 0 Å². The summed E-state index contributed by atoms with van der Waals surface area (Å²) in [6.07, 6.45) is -4.46. The average molecular weight is 852 g/mol. The first-order valence-corrected chi connectivity index (χ1v) is 20.5. The van der Waals surface area contributed by atoms with Crippen molar-refractivity contribution in [2.45, 2.75) is 195 Å². The number of carbonyl (C=O) groups is 3. The highest BCUT2D eigenvalue weighted by Crippen LogP contribution is 2.43. The molecule has 6 bridgehead atoms. The van der Waals surface area contributed by atoms with Crippen molar-refractivity contribution in [2.75, 3.05) is 19.8 Å². The van der Waals surface area contributed by atoms with E-state index in [-0.39, 0.29) is 42.9 Å². The summed E-state index contributed by atoms with van der Waals surface area (Å²) in [4.78, 5) is 34.7. The molecule has 0 radical (unpaired) electrons. The molecule has 0 aromatic rings. The van der Waals surface area contributed by atoms with Gasteiger partial charge in [-0.15, -0.1) is 0 Å². The second-order valence-electron chi connectivity index (χ2n) is 17.3. The fourth-order valence-corrected chi connectivity index (χ4v) is 9.37. The Hall–Kier alpha value is -2.19. The molecule has 7 fully saturated rings. The Morgan fingerprint density at radius 2 is 0.847 bits per heavy atom. The third-order valence-corrected chi connectivity index (χ3v) is 12.1. The third kappa shape index (κ3) is 11.1. The van der Waals surface area contributed by atoms with E-state index in [4.69, 9.17) is 38.6 Å². The molecule has 12 N–H and O–H groups in total. The number of rotatable bonds is 10. The fourth-order valence-electron chi connectivity index (χ4n) is 9.37. The number of aliphatic hydroxyl groups is 9. The van der Waals surface area contributed by atoms with Gasteiger partial charge in [0.25, 0.3) is 0 Å². The molecular formula is C38H65N3O18. The number of amides is 3. The molecule has 7 aliphatic rings. The largest absolute Gasteiger partial charge is 0.394 e. The number of nitrogens with one attached hydrogen (secondary N) is 3. The Labute approximate surface area is 342 Å². The number of hydrogen-bond donors (Lipinski definition) is 12. The molecule has 340 valence electrons. The maximum Gasteiger partial charge on any atom is 0.223 e. The molecule has 3 amide bonds. The Kier molecular flexibility index (Phi) is 15.8. The molecule has 6 saturated heterocycles. The summed E-state index contributed by atoms with van der Waals surface area (Å²) < 4.78 is 33.9. The molecule has 21 heteroatoms. The van der Waals surface area contributed by atoms with Gasteiger partial charge >= 0.3 is 0 Å². The van der Waals surface area contributed by atoms with E-state index >= 15 is 0 Å². The van der Waals surface area contributed by atoms with Crippen LogP contribution in [0.1, 0.15) is 86.0 Å². The van der Waals surface area contributed by atoms with E-state index in [2.05, 4.69) is 16.0 Å². The minimum Gasteiger partial charge on any atom is -0.394 e. The lowest BCUT2D eigenvalue weighted by atomic mass is 9.87. The topological polar surface area (TPSA) is 325 Å². The molecule has 21 nitrogen and oxygen atoms in total. The van der Waals surface area contributed by atoms with Gasteiger partial charge in [0.2, 0.25) is 17.7 Å². The highest BCUT2D eigenvalue weighted by Gasteiger charge is 2.60. The maximum atomic E-state index is 12.5. The third-order valence-electron chi connectivity index (χ3n) is 12.1. The first kappa shape index (κ1) is 47.9. The Morgan fingerprint density at radius 3 is 1.14 bits per heavy atom. The van der Waals surface area contributed by atoms with Crippen LogP contribution in [0.4, 0.5) is 0 Å². The van der Waals surface area contributed by atoms with Crippen LogP contribution in [-0.2, 0) is 42.8 Å². The molecule has 6 aliphatic heterocycles. The smallest absolute Gasteiger partial charge is 0.223 e. The molecule has 1 saturated carbocycles. The zero-order chi connectivity index (χ0) is 43.6. The zero-order valence-electron chi connectivity index (χ0n) is 34.2. The molecule has 59 heavy (non-hydrogen) atoms. The minimum absolute atomic E-state index is 0.0206. The molecule has 0 aromatic heterocycles. The first-order chi connectivity index (χ1) is 27.7. The minimum atomic E-state index is -1.11. The fraction of sp³-hybridized carbons (Fsp3) is 0.921. The number of ether oxygens (including phenoxy) is 6. The van der Waals surface area contributed by atoms with Gasteiger partial charge < -0.3 is 90.3 Å². The quantitative estimate of drug-likeness (QED) is 0.0994. The van der Waals surface area contributed by atoms with Gasteiger partial charge in [0, 0.05) is 39.0 Å². The van der Waals surface area contributed by atoms with Crippen molar-refractivity contribution in [2.24, 2.45) is 5.92 Å². The summed E-state index contributed by atoms with van der Waals surface area (Å²) in [5, 5.41) is 95.1. The van der Waals surface area contributed by atoms with Gasteiger partial charge in [-0.3, -0.25) is 14.4 Å². The zero-order valence-corrected chi connectivity index (χ0v) is 34.2. The Balaban J connectivity index is 0.000000170. The van der Waals surface area contributed by atoms with Gasteiger partial charge in [-0.1, -0.05) is 19.3 Å². The van der Waals surface area contributed by atoms with Crippen molar-refractivity contribution in [3.8, 4) is 0 Å². The monoisotopic (exact) mass is 851 g/mol. The van der Waals surface area contributed by atoms with Crippen LogP contribution in [0.25, 0.3) is 0 Å². The molecule has 0 aromatic carbocycles. The second kappa shape index (κ2) is 19.5. The van der Waals surface area contributed by atoms with Crippen molar-refractivity contribution in [3.63, 3.8) is 0 Å². The average Bonchev–Trinajstić information content (AvgIpc) is 3.77. The van der Waals surface area contributed by atoms with E-state index in [0.717, 1.165) is 25.7 Å². The Bertz CT molecular complexity index is 1380. The molecule has 18 atom stereocenters. The van der Waals surface area contributed by atoms with E-state index in [0.29, 0.717) is 0 Å². The van der Waals surface area contributed by atoms with Crippen LogP contribution in [0.5, 0.6) is 0 Å². The first-order valence-electron chi connectivity index (χ1n) is 20.5. The van der Waals surface area contributed by atoms with Gasteiger partial charge in [0.05, 0.1) is 56.3 Å². The van der Waals surface area contributed by atoms with Crippen molar-refractivity contribution < 1.29 is 88.8 Å². The van der Waals surface area contributed by atoms with Gasteiger partial charge in [0.1, 0.15) is 54.9 Å². The lowest BCUT2D eigenvalue weighted by Gasteiger charge is -2.38. The van der Waals surface area contributed by atoms with Crippen LogP contribution in [0, 0.1) is 5.92 Å². The highest BCUT2D eigenvalue weighted by molar-refractivity contribution is 5.79. The van der Waals surface area contributed by atoms with Crippen molar-refractivity contribution in [1.29, 1.82) is 0 Å². The van der Waals surface area contributed by atoms with Crippen molar-refractivity contribution >= 4 is 17.7 Å². The van der Waals surface area contributed by atoms with Crippen molar-refractivity contribution in [1.82, 2.24) is 16.0 Å². The van der Waals surface area contributed by atoms with E-state index in [1.54, 1.807) is 20.8 Å². The van der Waals surface area contributed by atoms with Crippen LogP contribution in [-0.4, -0.2) is 192 Å². The summed E-state index contributed by atoms with van der Waals surface area (Å²) in [6, 6.07) is -1.93. The van der Waals surface area contributed by atoms with Gasteiger partial charge in [0.15, 0.2) is 17.4 Å². The molecule has 6 heterocycles. The summed E-state index contributed by atoms with van der Waals surface area (Å²) >= 11 is 0. The predicted molar refractivity (Wildman–Crippen MR) is 199 cm³/mol. The number of hydrogen-bond acceptors (Lipinski definition) is 18. The number of carbonyl (C=O) groups excluding carboxylic acids is 3. The van der Waals surface area contributed by atoms with E-state index < -0.39 is 129 Å². The second-order valence-corrected chi connectivity index (χ2v) is 17.3. The van der Waals surface area contributed by atoms with E-state index in [9.17, 15) is 50.1 Å². The summed E-state index contributed by atoms with van der Waals surface area (Å²) in [5.41, 5.74) is 0. The number of aliphatic hydroxyl groups excluding tert-OH is 9. The molecule has 7 rings (SSSR count). The van der Waals surface area contributed by atoms with Crippen molar-refractivity contribution in [3.05, 3.63) is 0 Å². The van der Waals surface area contributed by atoms with Crippen LogP contribution in [0.3, 0.4) is 0 Å². The van der Waals surface area contributed by atoms with E-state index in [1.165, 1.54) is 20.3 Å². The highest BCUT2D eigenvalue weighted by atomic mass is 16.8. The predicted octanol–water partition coefficient (Wildman–Crippen LogP) is -4.11. The van der Waals surface area contributed by atoms with Crippen LogP contribution >= 0.6 is 0 Å². The molecule has 0 spiro atoms. The normalized spacial score (nSPS) is 43.8. The van der Waals surface area contributed by atoms with Crippen LogP contribution < -0.4 is 16.0 Å². The van der Waals surface area contributed by atoms with Gasteiger partial charge in [-0.05, 0) is 33.6 Å². The summed E-state index contributed by atoms with van der Waals surface area (Å²) in [5.74, 6) is -3.64. The van der Waals surface area contributed by atoms with Gasteiger partial charge in [-0.25, -0.2) is 0 Å². The summed E-state index contributed by atoms with van der Waals surface area (Å²) in [7, 11) is 0. The molecular weight excluding hydrogens is 786 g/mol.